The number of hydrogen-bond acceptors (Lipinski definition) is 4. The van der Waals surface area contributed by atoms with Crippen LogP contribution < -0.4 is 10.1 Å². The molecule has 1 amide bonds. The molecule has 1 aromatic heterocycles. The molecule has 0 aliphatic carbocycles. The van der Waals surface area contributed by atoms with E-state index in [1.54, 1.807) is 25.1 Å². The van der Waals surface area contributed by atoms with Gasteiger partial charge in [-0.2, -0.15) is 13.2 Å². The Morgan fingerprint density at radius 1 is 1.06 bits per heavy atom. The second kappa shape index (κ2) is 11.2. The first kappa shape index (κ1) is 25.2. The number of hydrogen-bond donors (Lipinski definition) is 1. The van der Waals surface area contributed by atoms with Gasteiger partial charge in [0, 0.05) is 24.4 Å². The Morgan fingerprint density at radius 3 is 2.41 bits per heavy atom. The van der Waals surface area contributed by atoms with Crippen LogP contribution in [0.25, 0.3) is 0 Å². The fourth-order valence-corrected chi connectivity index (χ4v) is 3.36. The summed E-state index contributed by atoms with van der Waals surface area (Å²) in [5.74, 6) is -0.401. The van der Waals surface area contributed by atoms with Crippen molar-refractivity contribution >= 4 is 11.6 Å². The molecule has 0 saturated heterocycles. The summed E-state index contributed by atoms with van der Waals surface area (Å²) in [6.07, 6.45) is -2.88. The van der Waals surface area contributed by atoms with Gasteiger partial charge in [-0.25, -0.2) is 0 Å². The monoisotopic (exact) mass is 472 g/mol. The average molecular weight is 473 g/mol. The molecule has 8 heteroatoms. The van der Waals surface area contributed by atoms with Crippen LogP contribution in [0.4, 0.5) is 18.9 Å². The molecule has 0 aliphatic heterocycles. The lowest BCUT2D eigenvalue weighted by atomic mass is 10.1. The normalized spacial score (nSPS) is 12.3. The van der Waals surface area contributed by atoms with E-state index in [0.717, 1.165) is 18.2 Å². The Bertz CT molecular complexity index is 1120. The predicted molar refractivity (Wildman–Crippen MR) is 124 cm³/mol. The zero-order chi connectivity index (χ0) is 24.7. The van der Waals surface area contributed by atoms with Crippen LogP contribution >= 0.6 is 0 Å². The molecule has 1 N–H and O–H groups in total. The fraction of sp³-hybridized carbons (Fsp3) is 0.308. The van der Waals surface area contributed by atoms with Crippen LogP contribution in [-0.4, -0.2) is 23.6 Å². The number of nitrogens with zero attached hydrogens (tertiary/aromatic N) is 1. The Kier molecular flexibility index (Phi) is 8.28. The number of rotatable bonds is 9. The number of carbonyl (C=O) groups excluding carboxylic acids is 1. The highest BCUT2D eigenvalue weighted by molar-refractivity contribution is 6.05. The van der Waals surface area contributed by atoms with Gasteiger partial charge in [-0.1, -0.05) is 19.1 Å². The second-order valence-electron chi connectivity index (χ2n) is 7.90. The highest BCUT2D eigenvalue weighted by atomic mass is 19.4. The molecule has 3 rings (SSSR count). The lowest BCUT2D eigenvalue weighted by Crippen LogP contribution is -2.16. The minimum absolute atomic E-state index is 0.0374. The first-order valence-electron chi connectivity index (χ1n) is 11.0. The molecule has 0 radical (unpaired) electrons. The number of anilines is 1. The molecule has 0 saturated carbocycles. The van der Waals surface area contributed by atoms with E-state index in [4.69, 9.17) is 9.47 Å². The highest BCUT2D eigenvalue weighted by Crippen LogP contribution is 2.38. The molecule has 34 heavy (non-hydrogen) atoms. The van der Waals surface area contributed by atoms with Gasteiger partial charge in [-0.3, -0.25) is 9.78 Å². The van der Waals surface area contributed by atoms with Crippen molar-refractivity contribution in [2.45, 2.75) is 45.9 Å². The van der Waals surface area contributed by atoms with E-state index in [0.29, 0.717) is 30.0 Å². The maximum atomic E-state index is 13.2. The highest BCUT2D eigenvalue weighted by Gasteiger charge is 2.34. The lowest BCUT2D eigenvalue weighted by Gasteiger charge is -2.14. The SMILES string of the molecule is CCCOC(C)Cc1ccc(C(=O)Nc2ccc(Oc3ccccc3C(F)(F)F)cc2)c(C)n1. The van der Waals surface area contributed by atoms with Gasteiger partial charge in [-0.15, -0.1) is 0 Å². The van der Waals surface area contributed by atoms with Crippen LogP contribution in [0.2, 0.25) is 0 Å². The molecule has 0 aliphatic rings. The van der Waals surface area contributed by atoms with Crippen LogP contribution in [-0.2, 0) is 17.3 Å². The van der Waals surface area contributed by atoms with Crippen LogP contribution in [0.1, 0.15) is 47.6 Å². The number of halogens is 3. The number of carbonyl (C=O) groups is 1. The number of ether oxygens (including phenoxy) is 2. The molecule has 5 nitrogen and oxygen atoms in total. The van der Waals surface area contributed by atoms with Gasteiger partial charge in [-0.05, 0) is 68.8 Å². The fourth-order valence-electron chi connectivity index (χ4n) is 3.36. The number of pyridine rings is 1. The Morgan fingerprint density at radius 2 is 1.76 bits per heavy atom. The van der Waals surface area contributed by atoms with Crippen molar-refractivity contribution in [1.82, 2.24) is 4.98 Å². The van der Waals surface area contributed by atoms with Gasteiger partial charge in [0.25, 0.3) is 5.91 Å². The summed E-state index contributed by atoms with van der Waals surface area (Å²) in [6.45, 7) is 6.50. The number of benzene rings is 2. The quantitative estimate of drug-likeness (QED) is 0.372. The van der Waals surface area contributed by atoms with Gasteiger partial charge in [0.2, 0.25) is 0 Å². The largest absolute Gasteiger partial charge is 0.457 e. The predicted octanol–water partition coefficient (Wildman–Crippen LogP) is 6.81. The van der Waals surface area contributed by atoms with Crippen molar-refractivity contribution in [3.63, 3.8) is 0 Å². The summed E-state index contributed by atoms with van der Waals surface area (Å²) in [6, 6.07) is 14.6. The van der Waals surface area contributed by atoms with Gasteiger partial charge in [0.05, 0.1) is 22.9 Å². The molecular formula is C26H27F3N2O3. The van der Waals surface area contributed by atoms with Gasteiger partial charge < -0.3 is 14.8 Å². The number of aromatic nitrogens is 1. The summed E-state index contributed by atoms with van der Waals surface area (Å²) < 4.78 is 50.5. The zero-order valence-electron chi connectivity index (χ0n) is 19.3. The molecule has 180 valence electrons. The third kappa shape index (κ3) is 6.81. The Labute approximate surface area is 196 Å². The van der Waals surface area contributed by atoms with Gasteiger partial charge >= 0.3 is 6.18 Å². The van der Waals surface area contributed by atoms with Crippen LogP contribution in [0, 0.1) is 6.92 Å². The van der Waals surface area contributed by atoms with E-state index in [2.05, 4.69) is 17.2 Å². The number of alkyl halides is 3. The molecule has 1 atom stereocenters. The standard InChI is InChI=1S/C26H27F3N2O3/c1-4-15-33-17(2)16-20-11-14-22(18(3)30-20)25(32)31-19-9-12-21(13-10-19)34-24-8-6-5-7-23(24)26(27,28)29/h5-14,17H,4,15-16H2,1-3H3,(H,31,32). The zero-order valence-corrected chi connectivity index (χ0v) is 19.3. The van der Waals surface area contributed by atoms with Crippen molar-refractivity contribution in [1.29, 1.82) is 0 Å². The molecule has 2 aromatic carbocycles. The summed E-state index contributed by atoms with van der Waals surface area (Å²) in [5.41, 5.74) is 1.50. The number of nitrogens with one attached hydrogen (secondary N) is 1. The van der Waals surface area contributed by atoms with Crippen molar-refractivity contribution in [2.75, 3.05) is 11.9 Å². The topological polar surface area (TPSA) is 60.5 Å². The molecule has 1 heterocycles. The third-order valence-corrected chi connectivity index (χ3v) is 5.02. The molecule has 3 aromatic rings. The summed E-state index contributed by atoms with van der Waals surface area (Å²) >= 11 is 0. The minimum Gasteiger partial charge on any atom is -0.457 e. The maximum absolute atomic E-state index is 13.2. The third-order valence-electron chi connectivity index (χ3n) is 5.02. The van der Waals surface area contributed by atoms with Gasteiger partial charge in [0.15, 0.2) is 0 Å². The van der Waals surface area contributed by atoms with Crippen LogP contribution in [0.5, 0.6) is 11.5 Å². The summed E-state index contributed by atoms with van der Waals surface area (Å²) in [7, 11) is 0. The van der Waals surface area contributed by atoms with E-state index in [1.165, 1.54) is 30.3 Å². The van der Waals surface area contributed by atoms with E-state index >= 15 is 0 Å². The summed E-state index contributed by atoms with van der Waals surface area (Å²) in [5, 5.41) is 2.77. The smallest absolute Gasteiger partial charge is 0.419 e. The van der Waals surface area contributed by atoms with E-state index < -0.39 is 11.7 Å². The average Bonchev–Trinajstić information content (AvgIpc) is 2.78. The number of amides is 1. The van der Waals surface area contributed by atoms with Gasteiger partial charge in [0.1, 0.15) is 11.5 Å². The maximum Gasteiger partial charge on any atom is 0.419 e. The Hall–Kier alpha value is -3.39. The Balaban J connectivity index is 1.64. The molecule has 1 unspecified atom stereocenters. The van der Waals surface area contributed by atoms with Crippen molar-refractivity contribution < 1.29 is 27.4 Å². The molecule has 0 spiro atoms. The van der Waals surface area contributed by atoms with E-state index in [9.17, 15) is 18.0 Å². The lowest BCUT2D eigenvalue weighted by molar-refractivity contribution is -0.138. The molecular weight excluding hydrogens is 445 g/mol. The van der Waals surface area contributed by atoms with Crippen LogP contribution in [0.3, 0.4) is 0 Å². The molecule has 0 bridgehead atoms. The van der Waals surface area contributed by atoms with Crippen molar-refractivity contribution in [3.8, 4) is 11.5 Å². The minimum atomic E-state index is -4.52. The van der Waals surface area contributed by atoms with E-state index in [1.807, 2.05) is 13.0 Å². The first-order chi connectivity index (χ1) is 16.2. The number of aryl methyl sites for hydroxylation is 1. The van der Waals surface area contributed by atoms with Crippen molar-refractivity contribution in [2.24, 2.45) is 0 Å². The second-order valence-corrected chi connectivity index (χ2v) is 7.90. The van der Waals surface area contributed by atoms with Crippen molar-refractivity contribution in [3.05, 3.63) is 83.2 Å². The first-order valence-corrected chi connectivity index (χ1v) is 11.0. The number of para-hydroxylation sites is 1. The van der Waals surface area contributed by atoms with E-state index in [-0.39, 0.29) is 23.5 Å². The molecule has 0 fully saturated rings. The van der Waals surface area contributed by atoms with Crippen LogP contribution in [0.15, 0.2) is 60.7 Å². The summed E-state index contributed by atoms with van der Waals surface area (Å²) in [4.78, 5) is 17.2.